The molecule has 1 heterocycles. The van der Waals surface area contributed by atoms with E-state index < -0.39 is 5.91 Å². The van der Waals surface area contributed by atoms with Gasteiger partial charge in [-0.2, -0.15) is 5.10 Å². The summed E-state index contributed by atoms with van der Waals surface area (Å²) >= 11 is 17.9. The molecule has 0 saturated carbocycles. The van der Waals surface area contributed by atoms with Crippen molar-refractivity contribution in [3.05, 3.63) is 69.3 Å². The summed E-state index contributed by atoms with van der Waals surface area (Å²) in [5, 5.41) is 5.91. The minimum atomic E-state index is -0.456. The highest BCUT2D eigenvalue weighted by Gasteiger charge is 2.07. The zero-order valence-electron chi connectivity index (χ0n) is 13.2. The van der Waals surface area contributed by atoms with Gasteiger partial charge < -0.3 is 4.74 Å². The second-order valence-corrected chi connectivity index (χ2v) is 6.42. The number of halogens is 3. The van der Waals surface area contributed by atoms with Crippen LogP contribution in [0.5, 0.6) is 5.75 Å². The van der Waals surface area contributed by atoms with Gasteiger partial charge in [-0.05, 0) is 24.3 Å². The molecule has 0 atom stereocenters. The largest absolute Gasteiger partial charge is 0.482 e. The molecule has 8 heteroatoms. The van der Waals surface area contributed by atoms with Crippen LogP contribution in [0.1, 0.15) is 5.56 Å². The SMILES string of the molecule is O=C(COc1cc(Cl)ccc1Cl)N/N=C/c1cc2ccccc2nc1Cl. The number of hydrogen-bond acceptors (Lipinski definition) is 4. The summed E-state index contributed by atoms with van der Waals surface area (Å²) in [6, 6.07) is 14.1. The monoisotopic (exact) mass is 407 g/mol. The van der Waals surface area contributed by atoms with Crippen molar-refractivity contribution < 1.29 is 9.53 Å². The topological polar surface area (TPSA) is 63.6 Å². The van der Waals surface area contributed by atoms with Crippen LogP contribution in [0, 0.1) is 0 Å². The fourth-order valence-electron chi connectivity index (χ4n) is 2.14. The lowest BCUT2D eigenvalue weighted by atomic mass is 10.2. The number of carbonyl (C=O) groups excluding carboxylic acids is 1. The maximum Gasteiger partial charge on any atom is 0.277 e. The second kappa shape index (κ2) is 8.36. The van der Waals surface area contributed by atoms with Gasteiger partial charge in [-0.25, -0.2) is 10.4 Å². The van der Waals surface area contributed by atoms with Crippen LogP contribution in [0.3, 0.4) is 0 Å². The Labute approximate surface area is 164 Å². The number of amides is 1. The van der Waals surface area contributed by atoms with Gasteiger partial charge >= 0.3 is 0 Å². The van der Waals surface area contributed by atoms with E-state index >= 15 is 0 Å². The van der Waals surface area contributed by atoms with Crippen molar-refractivity contribution in [2.75, 3.05) is 6.61 Å². The van der Waals surface area contributed by atoms with E-state index in [1.54, 1.807) is 12.1 Å². The van der Waals surface area contributed by atoms with Crippen LogP contribution in [0.4, 0.5) is 0 Å². The van der Waals surface area contributed by atoms with Crippen molar-refractivity contribution in [2.24, 2.45) is 5.10 Å². The summed E-state index contributed by atoms with van der Waals surface area (Å²) in [6.45, 7) is -0.263. The molecule has 0 bridgehead atoms. The molecule has 0 aliphatic carbocycles. The summed E-state index contributed by atoms with van der Waals surface area (Å²) in [7, 11) is 0. The molecular weight excluding hydrogens is 397 g/mol. The van der Waals surface area contributed by atoms with Gasteiger partial charge in [0.15, 0.2) is 6.61 Å². The fraction of sp³-hybridized carbons (Fsp3) is 0.0556. The normalized spacial score (nSPS) is 11.0. The average molecular weight is 409 g/mol. The molecule has 0 saturated heterocycles. The van der Waals surface area contributed by atoms with Crippen LogP contribution in [-0.4, -0.2) is 23.7 Å². The van der Waals surface area contributed by atoms with Gasteiger partial charge in [-0.3, -0.25) is 4.79 Å². The number of pyridine rings is 1. The van der Waals surface area contributed by atoms with E-state index in [0.717, 1.165) is 10.9 Å². The number of rotatable bonds is 5. The first-order valence-electron chi connectivity index (χ1n) is 7.48. The van der Waals surface area contributed by atoms with Gasteiger partial charge in [0.25, 0.3) is 5.91 Å². The number of para-hydroxylation sites is 1. The Hall–Kier alpha value is -2.34. The summed E-state index contributed by atoms with van der Waals surface area (Å²) in [5.74, 6) is -0.137. The molecule has 1 N–H and O–H groups in total. The predicted molar refractivity (Wildman–Crippen MR) is 104 cm³/mol. The van der Waals surface area contributed by atoms with Crippen LogP contribution < -0.4 is 10.2 Å². The Kier molecular flexibility index (Phi) is 5.93. The first-order valence-corrected chi connectivity index (χ1v) is 8.61. The van der Waals surface area contributed by atoms with E-state index in [9.17, 15) is 4.79 Å². The van der Waals surface area contributed by atoms with Crippen molar-refractivity contribution in [3.63, 3.8) is 0 Å². The summed E-state index contributed by atoms with van der Waals surface area (Å²) < 4.78 is 5.32. The number of nitrogens with zero attached hydrogens (tertiary/aromatic N) is 2. The van der Waals surface area contributed by atoms with Crippen molar-refractivity contribution in [1.82, 2.24) is 10.4 Å². The summed E-state index contributed by atoms with van der Waals surface area (Å²) in [5.41, 5.74) is 3.72. The third-order valence-corrected chi connectivity index (χ3v) is 4.20. The van der Waals surface area contributed by atoms with Crippen molar-refractivity contribution >= 4 is 57.8 Å². The lowest BCUT2D eigenvalue weighted by Gasteiger charge is -2.07. The van der Waals surface area contributed by atoms with Gasteiger partial charge in [0.05, 0.1) is 16.8 Å². The van der Waals surface area contributed by atoms with Gasteiger partial charge in [0.2, 0.25) is 0 Å². The summed E-state index contributed by atoms with van der Waals surface area (Å²) in [4.78, 5) is 16.1. The zero-order chi connectivity index (χ0) is 18.5. The van der Waals surface area contributed by atoms with Crippen LogP contribution >= 0.6 is 34.8 Å². The lowest BCUT2D eigenvalue weighted by Crippen LogP contribution is -2.24. The highest BCUT2D eigenvalue weighted by molar-refractivity contribution is 6.34. The third kappa shape index (κ3) is 4.64. The van der Waals surface area contributed by atoms with Crippen LogP contribution in [0.2, 0.25) is 15.2 Å². The molecule has 0 aliphatic rings. The number of ether oxygens (including phenoxy) is 1. The molecule has 1 amide bonds. The molecule has 5 nitrogen and oxygen atoms in total. The van der Waals surface area contributed by atoms with E-state index in [0.29, 0.717) is 26.5 Å². The molecule has 3 rings (SSSR count). The van der Waals surface area contributed by atoms with Gasteiger partial charge in [-0.15, -0.1) is 0 Å². The third-order valence-electron chi connectivity index (χ3n) is 3.35. The molecule has 0 spiro atoms. The Morgan fingerprint density at radius 2 is 1.96 bits per heavy atom. The van der Waals surface area contributed by atoms with E-state index in [2.05, 4.69) is 15.5 Å². The van der Waals surface area contributed by atoms with E-state index in [1.165, 1.54) is 12.3 Å². The van der Waals surface area contributed by atoms with Gasteiger partial charge in [-0.1, -0.05) is 53.0 Å². The fourth-order valence-corrected chi connectivity index (χ4v) is 2.67. The Morgan fingerprint density at radius 1 is 1.15 bits per heavy atom. The lowest BCUT2D eigenvalue weighted by molar-refractivity contribution is -0.123. The standard InChI is InChI=1S/C18H12Cl3N3O2/c19-13-5-6-14(20)16(8-13)26-10-17(25)24-22-9-12-7-11-3-1-2-4-15(11)23-18(12)21/h1-9H,10H2,(H,24,25)/b22-9+. The average Bonchev–Trinajstić information content (AvgIpc) is 2.63. The predicted octanol–water partition coefficient (Wildman–Crippen LogP) is 4.72. The molecule has 0 fully saturated rings. The van der Waals surface area contributed by atoms with E-state index in [-0.39, 0.29) is 6.61 Å². The van der Waals surface area contributed by atoms with Gasteiger partial charge in [0.1, 0.15) is 10.9 Å². The van der Waals surface area contributed by atoms with Gasteiger partial charge in [0, 0.05) is 22.0 Å². The first kappa shape index (κ1) is 18.5. The molecule has 26 heavy (non-hydrogen) atoms. The highest BCUT2D eigenvalue weighted by atomic mass is 35.5. The first-order chi connectivity index (χ1) is 12.5. The number of aromatic nitrogens is 1. The molecule has 132 valence electrons. The number of hydrazone groups is 1. The smallest absolute Gasteiger partial charge is 0.277 e. The van der Waals surface area contributed by atoms with E-state index in [4.69, 9.17) is 39.5 Å². The van der Waals surface area contributed by atoms with Crippen LogP contribution in [0.25, 0.3) is 10.9 Å². The molecule has 0 unspecified atom stereocenters. The number of carbonyl (C=O) groups is 1. The molecule has 2 aromatic carbocycles. The molecule has 1 aromatic heterocycles. The number of fused-ring (bicyclic) bond motifs is 1. The van der Waals surface area contributed by atoms with Crippen LogP contribution in [-0.2, 0) is 4.79 Å². The second-order valence-electron chi connectivity index (χ2n) is 5.22. The Balaban J connectivity index is 1.60. The van der Waals surface area contributed by atoms with Crippen molar-refractivity contribution in [1.29, 1.82) is 0 Å². The highest BCUT2D eigenvalue weighted by Crippen LogP contribution is 2.27. The Bertz CT molecular complexity index is 993. The quantitative estimate of drug-likeness (QED) is 0.377. The van der Waals surface area contributed by atoms with Crippen molar-refractivity contribution in [3.8, 4) is 5.75 Å². The maximum atomic E-state index is 11.8. The molecular formula is C18H12Cl3N3O2. The number of hydrogen-bond donors (Lipinski definition) is 1. The Morgan fingerprint density at radius 3 is 2.81 bits per heavy atom. The molecule has 0 aliphatic heterocycles. The summed E-state index contributed by atoms with van der Waals surface area (Å²) in [6.07, 6.45) is 1.42. The molecule has 3 aromatic rings. The number of nitrogens with one attached hydrogen (secondary N) is 1. The minimum absolute atomic E-state index is 0.263. The number of benzene rings is 2. The van der Waals surface area contributed by atoms with Crippen LogP contribution in [0.15, 0.2) is 53.6 Å². The van der Waals surface area contributed by atoms with E-state index in [1.807, 2.05) is 30.3 Å². The van der Waals surface area contributed by atoms with Crippen molar-refractivity contribution in [2.45, 2.75) is 0 Å². The minimum Gasteiger partial charge on any atom is -0.482 e. The molecule has 0 radical (unpaired) electrons. The zero-order valence-corrected chi connectivity index (χ0v) is 15.5. The maximum absolute atomic E-state index is 11.8.